The Hall–Kier alpha value is -0.0800. The van der Waals surface area contributed by atoms with Gasteiger partial charge in [0, 0.05) is 18.7 Å². The van der Waals surface area contributed by atoms with Gasteiger partial charge in [-0.1, -0.05) is 6.92 Å². The number of hydrogen-bond acceptors (Lipinski definition) is 2. The Morgan fingerprint density at radius 3 is 2.31 bits per heavy atom. The van der Waals surface area contributed by atoms with Crippen molar-refractivity contribution in [1.29, 1.82) is 0 Å². The largest absolute Gasteiger partial charge is 0.396 e. The van der Waals surface area contributed by atoms with Crippen molar-refractivity contribution >= 4 is 0 Å². The lowest BCUT2D eigenvalue weighted by molar-refractivity contribution is 0.0742. The van der Waals surface area contributed by atoms with Crippen LogP contribution in [0, 0.1) is 5.92 Å². The van der Waals surface area contributed by atoms with E-state index >= 15 is 0 Å². The molecule has 2 rings (SSSR count). The summed E-state index contributed by atoms with van der Waals surface area (Å²) in [6.07, 6.45) is 6.51. The van der Waals surface area contributed by atoms with Gasteiger partial charge in [-0.3, -0.25) is 4.90 Å². The molecule has 2 aliphatic heterocycles. The summed E-state index contributed by atoms with van der Waals surface area (Å²) in [7, 11) is 0. The fourth-order valence-electron chi connectivity index (χ4n) is 3.16. The minimum atomic E-state index is 0.410. The van der Waals surface area contributed by atoms with Gasteiger partial charge in [0.1, 0.15) is 0 Å². The van der Waals surface area contributed by atoms with Gasteiger partial charge < -0.3 is 5.11 Å². The third kappa shape index (κ3) is 1.75. The molecule has 1 unspecified atom stereocenters. The van der Waals surface area contributed by atoms with Crippen molar-refractivity contribution in [2.45, 2.75) is 51.1 Å². The molecule has 3 atom stereocenters. The number of aliphatic hydroxyl groups excluding tert-OH is 1. The summed E-state index contributed by atoms with van der Waals surface area (Å²) in [5.74, 6) is 0.602. The Bertz CT molecular complexity index is 157. The minimum absolute atomic E-state index is 0.410. The molecule has 2 saturated heterocycles. The molecule has 2 heteroatoms. The van der Waals surface area contributed by atoms with Gasteiger partial charge in [0.25, 0.3) is 0 Å². The van der Waals surface area contributed by atoms with Crippen LogP contribution in [-0.4, -0.2) is 35.2 Å². The van der Waals surface area contributed by atoms with E-state index in [-0.39, 0.29) is 0 Å². The first-order valence-corrected chi connectivity index (χ1v) is 5.71. The van der Waals surface area contributed by atoms with Gasteiger partial charge in [0.05, 0.1) is 0 Å². The van der Waals surface area contributed by atoms with E-state index in [2.05, 4.69) is 11.8 Å². The molecule has 2 bridgehead atoms. The van der Waals surface area contributed by atoms with Crippen LogP contribution >= 0.6 is 0 Å². The Morgan fingerprint density at radius 2 is 1.85 bits per heavy atom. The highest BCUT2D eigenvalue weighted by Gasteiger charge is 2.39. The summed E-state index contributed by atoms with van der Waals surface area (Å²) in [5.41, 5.74) is 0. The van der Waals surface area contributed by atoms with E-state index < -0.39 is 0 Å². The molecule has 0 aliphatic carbocycles. The molecule has 0 radical (unpaired) electrons. The normalized spacial score (nSPS) is 39.7. The molecule has 0 aromatic carbocycles. The van der Waals surface area contributed by atoms with Gasteiger partial charge in [-0.25, -0.2) is 0 Å². The van der Waals surface area contributed by atoms with Crippen LogP contribution in [-0.2, 0) is 0 Å². The third-order valence-corrected chi connectivity index (χ3v) is 3.72. The monoisotopic (exact) mass is 183 g/mol. The number of hydrogen-bond donors (Lipinski definition) is 1. The molecule has 0 aromatic heterocycles. The smallest absolute Gasteiger partial charge is 0.0460 e. The van der Waals surface area contributed by atoms with E-state index in [0.29, 0.717) is 12.5 Å². The highest BCUT2D eigenvalue weighted by molar-refractivity contribution is 4.94. The van der Waals surface area contributed by atoms with Crippen LogP contribution in [0.25, 0.3) is 0 Å². The van der Waals surface area contributed by atoms with Crippen molar-refractivity contribution in [3.63, 3.8) is 0 Å². The number of aliphatic hydroxyl groups is 1. The van der Waals surface area contributed by atoms with Crippen LogP contribution in [0.3, 0.4) is 0 Å². The molecule has 13 heavy (non-hydrogen) atoms. The van der Waals surface area contributed by atoms with Gasteiger partial charge in [0.2, 0.25) is 0 Å². The molecular formula is C11H21NO. The molecule has 0 saturated carbocycles. The lowest BCUT2D eigenvalue weighted by atomic mass is 9.91. The summed E-state index contributed by atoms with van der Waals surface area (Å²) < 4.78 is 0. The van der Waals surface area contributed by atoms with Gasteiger partial charge in [0.15, 0.2) is 0 Å². The standard InChI is InChI=1S/C11H21NO/c1-2-5-12-10-3-4-11(12)7-9(6-10)8-13/h9-11,13H,2-8H2,1H3/t9?,10-,11+. The molecular weight excluding hydrogens is 162 g/mol. The Morgan fingerprint density at radius 1 is 1.23 bits per heavy atom. The predicted molar refractivity (Wildman–Crippen MR) is 53.6 cm³/mol. The average molecular weight is 183 g/mol. The zero-order valence-electron chi connectivity index (χ0n) is 8.58. The van der Waals surface area contributed by atoms with Crippen molar-refractivity contribution in [2.75, 3.05) is 13.2 Å². The quantitative estimate of drug-likeness (QED) is 0.719. The molecule has 0 aromatic rings. The fourth-order valence-corrected chi connectivity index (χ4v) is 3.16. The zero-order chi connectivity index (χ0) is 9.26. The predicted octanol–water partition coefficient (Wildman–Crippen LogP) is 1.63. The molecule has 2 fully saturated rings. The lowest BCUT2D eigenvalue weighted by Gasteiger charge is -2.38. The first-order chi connectivity index (χ1) is 6.35. The van der Waals surface area contributed by atoms with Crippen LogP contribution in [0.15, 0.2) is 0 Å². The molecule has 0 spiro atoms. The summed E-state index contributed by atoms with van der Waals surface area (Å²) in [6, 6.07) is 1.60. The van der Waals surface area contributed by atoms with Gasteiger partial charge in [-0.05, 0) is 44.6 Å². The highest BCUT2D eigenvalue weighted by atomic mass is 16.3. The minimum Gasteiger partial charge on any atom is -0.396 e. The van der Waals surface area contributed by atoms with E-state index in [1.54, 1.807) is 0 Å². The number of rotatable bonds is 3. The number of nitrogens with zero attached hydrogens (tertiary/aromatic N) is 1. The zero-order valence-corrected chi connectivity index (χ0v) is 8.58. The maximum atomic E-state index is 9.15. The van der Waals surface area contributed by atoms with E-state index in [9.17, 15) is 0 Å². The number of fused-ring (bicyclic) bond motifs is 2. The molecule has 2 heterocycles. The SMILES string of the molecule is CCCN1[C@@H]2CC[C@H]1CC(CO)C2. The van der Waals surface area contributed by atoms with E-state index in [0.717, 1.165) is 12.1 Å². The van der Waals surface area contributed by atoms with Crippen LogP contribution < -0.4 is 0 Å². The Labute approximate surface area is 80.9 Å². The highest BCUT2D eigenvalue weighted by Crippen LogP contribution is 2.38. The molecule has 2 aliphatic rings. The van der Waals surface area contributed by atoms with E-state index in [4.69, 9.17) is 5.11 Å². The van der Waals surface area contributed by atoms with Crippen molar-refractivity contribution in [3.05, 3.63) is 0 Å². The molecule has 2 nitrogen and oxygen atoms in total. The third-order valence-electron chi connectivity index (χ3n) is 3.72. The summed E-state index contributed by atoms with van der Waals surface area (Å²) in [5, 5.41) is 9.15. The topological polar surface area (TPSA) is 23.5 Å². The maximum Gasteiger partial charge on any atom is 0.0460 e. The second-order valence-electron chi connectivity index (χ2n) is 4.64. The van der Waals surface area contributed by atoms with Crippen molar-refractivity contribution < 1.29 is 5.11 Å². The van der Waals surface area contributed by atoms with Gasteiger partial charge in [-0.2, -0.15) is 0 Å². The maximum absolute atomic E-state index is 9.15. The van der Waals surface area contributed by atoms with Crippen LogP contribution in [0.1, 0.15) is 39.0 Å². The lowest BCUT2D eigenvalue weighted by Crippen LogP contribution is -2.43. The first-order valence-electron chi connectivity index (χ1n) is 5.71. The van der Waals surface area contributed by atoms with E-state index in [1.165, 1.54) is 38.6 Å². The Balaban J connectivity index is 1.96. The van der Waals surface area contributed by atoms with Crippen LogP contribution in [0.4, 0.5) is 0 Å². The Kier molecular flexibility index (Phi) is 2.89. The second-order valence-corrected chi connectivity index (χ2v) is 4.64. The summed E-state index contributed by atoms with van der Waals surface area (Å²) in [6.45, 7) is 3.94. The van der Waals surface area contributed by atoms with Crippen molar-refractivity contribution in [2.24, 2.45) is 5.92 Å². The summed E-state index contributed by atoms with van der Waals surface area (Å²) >= 11 is 0. The summed E-state index contributed by atoms with van der Waals surface area (Å²) in [4.78, 5) is 2.69. The van der Waals surface area contributed by atoms with Crippen molar-refractivity contribution in [1.82, 2.24) is 4.90 Å². The molecule has 0 amide bonds. The first kappa shape index (κ1) is 9.47. The molecule has 1 N–H and O–H groups in total. The van der Waals surface area contributed by atoms with Crippen LogP contribution in [0.5, 0.6) is 0 Å². The second kappa shape index (κ2) is 3.97. The van der Waals surface area contributed by atoms with Gasteiger partial charge >= 0.3 is 0 Å². The van der Waals surface area contributed by atoms with Gasteiger partial charge in [-0.15, -0.1) is 0 Å². The van der Waals surface area contributed by atoms with E-state index in [1.807, 2.05) is 0 Å². The van der Waals surface area contributed by atoms with Crippen LogP contribution in [0.2, 0.25) is 0 Å². The average Bonchev–Trinajstić information content (AvgIpc) is 2.39. The number of piperidine rings is 1. The molecule has 76 valence electrons. The van der Waals surface area contributed by atoms with Crippen molar-refractivity contribution in [3.8, 4) is 0 Å². The fraction of sp³-hybridized carbons (Fsp3) is 1.00.